The molecule has 0 radical (unpaired) electrons. The van der Waals surface area contributed by atoms with Gasteiger partial charge in [-0.15, -0.1) is 0 Å². The van der Waals surface area contributed by atoms with Gasteiger partial charge in [0.1, 0.15) is 6.07 Å². The van der Waals surface area contributed by atoms with Gasteiger partial charge >= 0.3 is 0 Å². The van der Waals surface area contributed by atoms with E-state index in [1.165, 1.54) is 0 Å². The van der Waals surface area contributed by atoms with Crippen molar-refractivity contribution in [3.63, 3.8) is 0 Å². The number of rotatable bonds is 3. The average molecular weight is 379 g/mol. The number of nitrogens with zero attached hydrogens (tertiary/aromatic N) is 4. The number of aromatic nitrogens is 1. The Hall–Kier alpha value is -2.69. The van der Waals surface area contributed by atoms with Crippen molar-refractivity contribution in [2.45, 2.75) is 32.1 Å². The first-order valence-corrected chi connectivity index (χ1v) is 9.74. The van der Waals surface area contributed by atoms with E-state index in [4.69, 9.17) is 4.74 Å². The number of ether oxygens (including phenoxy) is 1. The lowest BCUT2D eigenvalue weighted by atomic mass is 10.1. The number of fused-ring (bicyclic) bond motifs is 1. The molecule has 1 aromatic heterocycles. The number of morpholine rings is 1. The molecule has 0 saturated carbocycles. The normalized spacial score (nSPS) is 26.1. The highest BCUT2D eigenvalue weighted by Gasteiger charge is 2.31. The SMILES string of the molecule is C[C@@H]1CN(c2ccc(C#N)c3ncccc23)C[C@@H](CN2CC(=O)NC[C@@H]2C)O1. The Morgan fingerprint density at radius 3 is 3.00 bits per heavy atom. The predicted octanol–water partition coefficient (Wildman–Crippen LogP) is 1.52. The van der Waals surface area contributed by atoms with E-state index in [1.807, 2.05) is 24.3 Å². The molecule has 3 heterocycles. The molecule has 0 bridgehead atoms. The first-order valence-electron chi connectivity index (χ1n) is 9.74. The van der Waals surface area contributed by atoms with Crippen LogP contribution in [0.15, 0.2) is 30.5 Å². The third kappa shape index (κ3) is 3.66. The summed E-state index contributed by atoms with van der Waals surface area (Å²) >= 11 is 0. The first-order chi connectivity index (χ1) is 13.5. The Balaban J connectivity index is 1.58. The van der Waals surface area contributed by atoms with E-state index in [-0.39, 0.29) is 18.1 Å². The second-order valence-corrected chi connectivity index (χ2v) is 7.70. The van der Waals surface area contributed by atoms with Crippen molar-refractivity contribution in [3.8, 4) is 6.07 Å². The lowest BCUT2D eigenvalue weighted by molar-refractivity contribution is -0.126. The van der Waals surface area contributed by atoms with Crippen molar-refractivity contribution in [2.24, 2.45) is 0 Å². The minimum Gasteiger partial charge on any atom is -0.370 e. The van der Waals surface area contributed by atoms with Gasteiger partial charge in [0.25, 0.3) is 0 Å². The van der Waals surface area contributed by atoms with Gasteiger partial charge in [-0.1, -0.05) is 0 Å². The number of hydrogen-bond acceptors (Lipinski definition) is 6. The number of carbonyl (C=O) groups excluding carboxylic acids is 1. The molecule has 2 fully saturated rings. The summed E-state index contributed by atoms with van der Waals surface area (Å²) in [6.45, 7) is 7.55. The first kappa shape index (κ1) is 18.7. The van der Waals surface area contributed by atoms with Crippen LogP contribution in [0.1, 0.15) is 19.4 Å². The Labute approximate surface area is 164 Å². The van der Waals surface area contributed by atoms with Crippen LogP contribution < -0.4 is 10.2 Å². The standard InChI is InChI=1S/C21H25N5O2/c1-14-9-24-20(27)13-25(14)11-17-12-26(10-15(2)28-17)19-6-5-16(8-22)21-18(19)4-3-7-23-21/h3-7,14-15,17H,9-13H2,1-2H3,(H,24,27)/t14-,15+,17+/m0/s1. The molecule has 7 heteroatoms. The molecule has 2 aromatic rings. The Kier molecular flexibility index (Phi) is 5.16. The molecule has 4 rings (SSSR count). The lowest BCUT2D eigenvalue weighted by Gasteiger charge is -2.42. The molecule has 0 spiro atoms. The molecule has 2 aliphatic rings. The minimum atomic E-state index is 0.0134. The van der Waals surface area contributed by atoms with Crippen molar-refractivity contribution in [2.75, 3.05) is 37.6 Å². The van der Waals surface area contributed by atoms with Crippen LogP contribution in [0.4, 0.5) is 5.69 Å². The smallest absolute Gasteiger partial charge is 0.234 e. The zero-order chi connectivity index (χ0) is 19.7. The average Bonchev–Trinajstić information content (AvgIpc) is 2.69. The molecule has 1 aromatic carbocycles. The fourth-order valence-corrected chi connectivity index (χ4v) is 4.16. The number of benzene rings is 1. The van der Waals surface area contributed by atoms with E-state index in [9.17, 15) is 10.1 Å². The van der Waals surface area contributed by atoms with Gasteiger partial charge in [-0.3, -0.25) is 14.7 Å². The van der Waals surface area contributed by atoms with Gasteiger partial charge in [-0.25, -0.2) is 0 Å². The van der Waals surface area contributed by atoms with Gasteiger partial charge in [-0.05, 0) is 38.1 Å². The van der Waals surface area contributed by atoms with Gasteiger partial charge in [0, 0.05) is 49.5 Å². The highest BCUT2D eigenvalue weighted by Crippen LogP contribution is 2.30. The second-order valence-electron chi connectivity index (χ2n) is 7.70. The van der Waals surface area contributed by atoms with E-state index in [0.29, 0.717) is 24.7 Å². The number of hydrogen-bond donors (Lipinski definition) is 1. The summed E-state index contributed by atoms with van der Waals surface area (Å²) in [5.41, 5.74) is 2.40. The Morgan fingerprint density at radius 1 is 1.32 bits per heavy atom. The van der Waals surface area contributed by atoms with Crippen molar-refractivity contribution < 1.29 is 9.53 Å². The van der Waals surface area contributed by atoms with Gasteiger partial charge < -0.3 is 15.0 Å². The van der Waals surface area contributed by atoms with Crippen LogP contribution in [0.3, 0.4) is 0 Å². The third-order valence-electron chi connectivity index (χ3n) is 5.54. The van der Waals surface area contributed by atoms with E-state index in [2.05, 4.69) is 40.0 Å². The molecule has 0 aliphatic carbocycles. The molecule has 7 nitrogen and oxygen atoms in total. The van der Waals surface area contributed by atoms with Gasteiger partial charge in [-0.2, -0.15) is 5.26 Å². The Morgan fingerprint density at radius 2 is 2.18 bits per heavy atom. The van der Waals surface area contributed by atoms with Crippen LogP contribution >= 0.6 is 0 Å². The van der Waals surface area contributed by atoms with E-state index in [0.717, 1.165) is 36.2 Å². The maximum absolute atomic E-state index is 11.8. The molecule has 3 atom stereocenters. The number of anilines is 1. The highest BCUT2D eigenvalue weighted by atomic mass is 16.5. The van der Waals surface area contributed by atoms with Crippen LogP contribution in [-0.4, -0.2) is 66.8 Å². The molecule has 28 heavy (non-hydrogen) atoms. The number of amides is 1. The fraction of sp³-hybridized carbons (Fsp3) is 0.476. The summed E-state index contributed by atoms with van der Waals surface area (Å²) in [6, 6.07) is 10.3. The van der Waals surface area contributed by atoms with Gasteiger partial charge in [0.2, 0.25) is 5.91 Å². The zero-order valence-electron chi connectivity index (χ0n) is 16.3. The molecule has 146 valence electrons. The number of nitrogens with one attached hydrogen (secondary N) is 1. The summed E-state index contributed by atoms with van der Waals surface area (Å²) < 4.78 is 6.20. The van der Waals surface area contributed by atoms with E-state index in [1.54, 1.807) is 6.20 Å². The second kappa shape index (κ2) is 7.74. The highest BCUT2D eigenvalue weighted by molar-refractivity contribution is 5.95. The van der Waals surface area contributed by atoms with Crippen molar-refractivity contribution >= 4 is 22.5 Å². The largest absolute Gasteiger partial charge is 0.370 e. The molecule has 1 N–H and O–H groups in total. The lowest BCUT2D eigenvalue weighted by Crippen LogP contribution is -2.58. The molecular formula is C21H25N5O2. The van der Waals surface area contributed by atoms with Crippen LogP contribution in [0, 0.1) is 11.3 Å². The molecule has 0 unspecified atom stereocenters. The number of piperazine rings is 1. The summed E-state index contributed by atoms with van der Waals surface area (Å²) in [5.74, 6) is 0.0722. The van der Waals surface area contributed by atoms with Crippen molar-refractivity contribution in [3.05, 3.63) is 36.0 Å². The quantitative estimate of drug-likeness (QED) is 0.871. The Bertz CT molecular complexity index is 925. The topological polar surface area (TPSA) is 81.5 Å². The summed E-state index contributed by atoms with van der Waals surface area (Å²) in [4.78, 5) is 20.7. The zero-order valence-corrected chi connectivity index (χ0v) is 16.3. The van der Waals surface area contributed by atoms with Crippen molar-refractivity contribution in [1.82, 2.24) is 15.2 Å². The molecule has 2 saturated heterocycles. The molecule has 1 amide bonds. The third-order valence-corrected chi connectivity index (χ3v) is 5.54. The van der Waals surface area contributed by atoms with E-state index >= 15 is 0 Å². The maximum atomic E-state index is 11.8. The van der Waals surface area contributed by atoms with Crippen LogP contribution in [0.25, 0.3) is 10.9 Å². The number of nitriles is 1. The maximum Gasteiger partial charge on any atom is 0.234 e. The summed E-state index contributed by atoms with van der Waals surface area (Å²) in [7, 11) is 0. The van der Waals surface area contributed by atoms with Crippen LogP contribution in [0.2, 0.25) is 0 Å². The van der Waals surface area contributed by atoms with Crippen molar-refractivity contribution in [1.29, 1.82) is 5.26 Å². The van der Waals surface area contributed by atoms with E-state index < -0.39 is 0 Å². The van der Waals surface area contributed by atoms with Crippen LogP contribution in [-0.2, 0) is 9.53 Å². The van der Waals surface area contributed by atoms with Crippen LogP contribution in [0.5, 0.6) is 0 Å². The summed E-state index contributed by atoms with van der Waals surface area (Å²) in [6.07, 6.45) is 1.81. The number of carbonyl (C=O) groups is 1. The fourth-order valence-electron chi connectivity index (χ4n) is 4.16. The number of pyridine rings is 1. The van der Waals surface area contributed by atoms with Gasteiger partial charge in [0.15, 0.2) is 0 Å². The molecule has 2 aliphatic heterocycles. The summed E-state index contributed by atoms with van der Waals surface area (Å²) in [5, 5.41) is 13.3. The monoisotopic (exact) mass is 379 g/mol. The minimum absolute atomic E-state index is 0.0134. The predicted molar refractivity (Wildman–Crippen MR) is 107 cm³/mol. The molecular weight excluding hydrogens is 354 g/mol. The van der Waals surface area contributed by atoms with Gasteiger partial charge in [0.05, 0.1) is 29.8 Å².